The van der Waals surface area contributed by atoms with E-state index in [-0.39, 0.29) is 5.91 Å². The molecule has 1 unspecified atom stereocenters. The van der Waals surface area contributed by atoms with Gasteiger partial charge in [-0.1, -0.05) is 26.7 Å². The summed E-state index contributed by atoms with van der Waals surface area (Å²) in [4.78, 5) is 11.5. The summed E-state index contributed by atoms with van der Waals surface area (Å²) in [6.07, 6.45) is 6.15. The second-order valence-electron chi connectivity index (χ2n) is 5.05. The molecule has 0 aliphatic carbocycles. The molecular formula is C14H30N2O2. The van der Waals surface area contributed by atoms with Crippen LogP contribution in [-0.4, -0.2) is 31.2 Å². The molecule has 108 valence electrons. The molecule has 0 aliphatic rings. The average molecular weight is 258 g/mol. The number of carbonyl (C=O) groups is 1. The van der Waals surface area contributed by atoms with Crippen molar-refractivity contribution >= 4 is 5.91 Å². The maximum atomic E-state index is 11.5. The largest absolute Gasteiger partial charge is 0.381 e. The van der Waals surface area contributed by atoms with E-state index >= 15 is 0 Å². The van der Waals surface area contributed by atoms with Crippen LogP contribution in [0.3, 0.4) is 0 Å². The van der Waals surface area contributed by atoms with Crippen LogP contribution >= 0.6 is 0 Å². The van der Waals surface area contributed by atoms with Gasteiger partial charge in [0.2, 0.25) is 5.91 Å². The fraction of sp³-hybridized carbons (Fsp3) is 0.929. The average Bonchev–Trinajstić information content (AvgIpc) is 2.35. The molecule has 0 saturated heterocycles. The van der Waals surface area contributed by atoms with Gasteiger partial charge < -0.3 is 15.8 Å². The van der Waals surface area contributed by atoms with Crippen molar-refractivity contribution < 1.29 is 9.53 Å². The number of amides is 1. The summed E-state index contributed by atoms with van der Waals surface area (Å²) in [7, 11) is 0. The summed E-state index contributed by atoms with van der Waals surface area (Å²) in [6, 6.07) is 0. The molecule has 0 radical (unpaired) electrons. The number of rotatable bonds is 12. The number of unbranched alkanes of at least 4 members (excludes halogenated alkanes) is 2. The molecule has 0 spiro atoms. The van der Waals surface area contributed by atoms with E-state index in [2.05, 4.69) is 19.2 Å². The minimum absolute atomic E-state index is 0.276. The van der Waals surface area contributed by atoms with E-state index in [0.29, 0.717) is 6.61 Å². The van der Waals surface area contributed by atoms with E-state index < -0.39 is 5.54 Å². The van der Waals surface area contributed by atoms with Gasteiger partial charge in [-0.3, -0.25) is 4.79 Å². The fourth-order valence-corrected chi connectivity index (χ4v) is 1.78. The van der Waals surface area contributed by atoms with E-state index in [1.54, 1.807) is 0 Å². The molecule has 4 heteroatoms. The van der Waals surface area contributed by atoms with Gasteiger partial charge in [0.1, 0.15) is 0 Å². The van der Waals surface area contributed by atoms with Crippen molar-refractivity contribution in [2.24, 2.45) is 5.73 Å². The van der Waals surface area contributed by atoms with Crippen LogP contribution in [0.25, 0.3) is 0 Å². The first-order chi connectivity index (χ1) is 8.56. The highest BCUT2D eigenvalue weighted by molar-refractivity contribution is 5.84. The Morgan fingerprint density at radius 2 is 1.83 bits per heavy atom. The van der Waals surface area contributed by atoms with Crippen LogP contribution in [0.1, 0.15) is 59.3 Å². The molecule has 1 atom stereocenters. The zero-order valence-electron chi connectivity index (χ0n) is 12.3. The Morgan fingerprint density at radius 3 is 2.39 bits per heavy atom. The fourth-order valence-electron chi connectivity index (χ4n) is 1.78. The van der Waals surface area contributed by atoms with Gasteiger partial charge in [0.15, 0.2) is 0 Å². The van der Waals surface area contributed by atoms with E-state index in [1.807, 2.05) is 6.92 Å². The van der Waals surface area contributed by atoms with Crippen molar-refractivity contribution in [1.82, 2.24) is 5.32 Å². The number of nitrogens with two attached hydrogens (primary N) is 1. The monoisotopic (exact) mass is 258 g/mol. The lowest BCUT2D eigenvalue weighted by atomic mass is 9.95. The zero-order chi connectivity index (χ0) is 13.9. The zero-order valence-corrected chi connectivity index (χ0v) is 12.3. The highest BCUT2D eigenvalue weighted by Crippen LogP contribution is 2.12. The van der Waals surface area contributed by atoms with Gasteiger partial charge >= 0.3 is 0 Å². The summed E-state index contributed by atoms with van der Waals surface area (Å²) in [6.45, 7) is 8.48. The Bertz CT molecular complexity index is 222. The summed E-state index contributed by atoms with van der Waals surface area (Å²) < 4.78 is 5.54. The van der Waals surface area contributed by atoms with E-state index in [4.69, 9.17) is 10.5 Å². The normalized spacial score (nSPS) is 14.4. The van der Waals surface area contributed by atoms with E-state index in [9.17, 15) is 4.79 Å². The maximum absolute atomic E-state index is 11.5. The molecule has 18 heavy (non-hydrogen) atoms. The lowest BCUT2D eigenvalue weighted by Gasteiger charge is -2.27. The molecule has 0 aliphatic heterocycles. The molecule has 0 rings (SSSR count). The van der Waals surface area contributed by atoms with Crippen molar-refractivity contribution in [3.05, 3.63) is 0 Å². The third-order valence-electron chi connectivity index (χ3n) is 3.17. The minimum Gasteiger partial charge on any atom is -0.381 e. The number of primary amides is 1. The van der Waals surface area contributed by atoms with Crippen molar-refractivity contribution in [3.8, 4) is 0 Å². The van der Waals surface area contributed by atoms with Gasteiger partial charge in [-0.05, 0) is 39.2 Å². The van der Waals surface area contributed by atoms with Crippen LogP contribution in [0.15, 0.2) is 0 Å². The van der Waals surface area contributed by atoms with E-state index in [1.165, 1.54) is 12.8 Å². The molecule has 3 N–H and O–H groups in total. The number of ether oxygens (including phenoxy) is 1. The Hall–Kier alpha value is -0.610. The number of carbonyl (C=O) groups excluding carboxylic acids is 1. The maximum Gasteiger partial charge on any atom is 0.237 e. The molecule has 0 aromatic rings. The predicted molar refractivity (Wildman–Crippen MR) is 75.5 cm³/mol. The van der Waals surface area contributed by atoms with Crippen LogP contribution in [0, 0.1) is 0 Å². The predicted octanol–water partition coefficient (Wildman–Crippen LogP) is 2.22. The third kappa shape index (κ3) is 7.67. The van der Waals surface area contributed by atoms with Gasteiger partial charge in [0.25, 0.3) is 0 Å². The molecule has 0 fully saturated rings. The number of hydrogen-bond donors (Lipinski definition) is 2. The van der Waals surface area contributed by atoms with Crippen molar-refractivity contribution in [3.63, 3.8) is 0 Å². The summed E-state index contributed by atoms with van der Waals surface area (Å²) in [5, 5.41) is 3.23. The lowest BCUT2D eigenvalue weighted by molar-refractivity contribution is -0.124. The standard InChI is InChI=1S/C14H30N2O2/c1-4-6-7-11-18-12-8-9-14(3,13(15)17)16-10-5-2/h16H,4-12H2,1-3H3,(H2,15,17). The van der Waals surface area contributed by atoms with Crippen LogP contribution < -0.4 is 11.1 Å². The quantitative estimate of drug-likeness (QED) is 0.528. The van der Waals surface area contributed by atoms with Gasteiger partial charge in [-0.25, -0.2) is 0 Å². The third-order valence-corrected chi connectivity index (χ3v) is 3.17. The molecular weight excluding hydrogens is 228 g/mol. The van der Waals surface area contributed by atoms with Crippen LogP contribution in [0.2, 0.25) is 0 Å². The topological polar surface area (TPSA) is 64.3 Å². The summed E-state index contributed by atoms with van der Waals surface area (Å²) >= 11 is 0. The lowest BCUT2D eigenvalue weighted by Crippen LogP contribution is -2.53. The Labute approximate surface area is 112 Å². The smallest absolute Gasteiger partial charge is 0.237 e. The molecule has 1 amide bonds. The highest BCUT2D eigenvalue weighted by atomic mass is 16.5. The van der Waals surface area contributed by atoms with Crippen LogP contribution in [0.4, 0.5) is 0 Å². The van der Waals surface area contributed by atoms with Gasteiger partial charge in [-0.15, -0.1) is 0 Å². The molecule has 0 saturated carbocycles. The van der Waals surface area contributed by atoms with Gasteiger partial charge in [-0.2, -0.15) is 0 Å². The van der Waals surface area contributed by atoms with Crippen molar-refractivity contribution in [2.45, 2.75) is 64.8 Å². The molecule has 4 nitrogen and oxygen atoms in total. The molecule has 0 heterocycles. The summed E-state index contributed by atoms with van der Waals surface area (Å²) in [5.74, 6) is -0.276. The Balaban J connectivity index is 3.73. The Kier molecular flexibility index (Phi) is 9.98. The van der Waals surface area contributed by atoms with Crippen LogP contribution in [0.5, 0.6) is 0 Å². The molecule has 0 bridgehead atoms. The molecule has 0 aromatic carbocycles. The Morgan fingerprint density at radius 1 is 1.17 bits per heavy atom. The van der Waals surface area contributed by atoms with Crippen LogP contribution in [-0.2, 0) is 9.53 Å². The second-order valence-corrected chi connectivity index (χ2v) is 5.05. The van der Waals surface area contributed by atoms with Gasteiger partial charge in [0.05, 0.1) is 5.54 Å². The first kappa shape index (κ1) is 17.4. The first-order valence-corrected chi connectivity index (χ1v) is 7.19. The second kappa shape index (κ2) is 10.3. The molecule has 0 aromatic heterocycles. The SMILES string of the molecule is CCCCCOCCCC(C)(NCCC)C(N)=O. The van der Waals surface area contributed by atoms with Gasteiger partial charge in [0, 0.05) is 13.2 Å². The van der Waals surface area contributed by atoms with E-state index in [0.717, 1.165) is 38.8 Å². The highest BCUT2D eigenvalue weighted by Gasteiger charge is 2.29. The number of hydrogen-bond acceptors (Lipinski definition) is 3. The van der Waals surface area contributed by atoms with Crippen molar-refractivity contribution in [2.75, 3.05) is 19.8 Å². The minimum atomic E-state index is -0.594. The first-order valence-electron chi connectivity index (χ1n) is 7.19. The number of nitrogens with one attached hydrogen (secondary N) is 1. The van der Waals surface area contributed by atoms with Crippen molar-refractivity contribution in [1.29, 1.82) is 0 Å². The summed E-state index contributed by atoms with van der Waals surface area (Å²) in [5.41, 5.74) is 4.86.